The van der Waals surface area contributed by atoms with Crippen LogP contribution in [0.1, 0.15) is 50.7 Å². The molecule has 2 N–H and O–H groups in total. The number of benzene rings is 1. The molecule has 5 rings (SSSR count). The molecular formula is C28H34N6O6. The van der Waals surface area contributed by atoms with Crippen LogP contribution in [0.3, 0.4) is 0 Å². The Hall–Kier alpha value is -4.22. The fourth-order valence-corrected chi connectivity index (χ4v) is 6.28. The molecule has 0 radical (unpaired) electrons. The van der Waals surface area contributed by atoms with Gasteiger partial charge in [-0.25, -0.2) is 9.59 Å². The minimum atomic E-state index is -1.43. The van der Waals surface area contributed by atoms with Gasteiger partial charge in [-0.1, -0.05) is 13.8 Å². The van der Waals surface area contributed by atoms with Gasteiger partial charge < -0.3 is 10.0 Å². The maximum absolute atomic E-state index is 13.6. The Balaban J connectivity index is 1.50. The minimum absolute atomic E-state index is 0.110. The van der Waals surface area contributed by atoms with E-state index in [-0.39, 0.29) is 24.6 Å². The van der Waals surface area contributed by atoms with Gasteiger partial charge in [0.05, 0.1) is 11.7 Å². The Morgan fingerprint density at radius 2 is 1.82 bits per heavy atom. The number of fused-ring (bicyclic) bond motifs is 4. The third-order valence-corrected chi connectivity index (χ3v) is 8.32. The summed E-state index contributed by atoms with van der Waals surface area (Å²) in [5.41, 5.74) is -0.940. The van der Waals surface area contributed by atoms with E-state index in [4.69, 9.17) is 0 Å². The van der Waals surface area contributed by atoms with Gasteiger partial charge in [-0.3, -0.25) is 38.7 Å². The summed E-state index contributed by atoms with van der Waals surface area (Å²) in [5.74, 6) is -1.03. The van der Waals surface area contributed by atoms with E-state index >= 15 is 0 Å². The van der Waals surface area contributed by atoms with Crippen LogP contribution in [0.15, 0.2) is 32.8 Å². The lowest BCUT2D eigenvalue weighted by Gasteiger charge is -2.50. The molecule has 3 aliphatic rings. The van der Waals surface area contributed by atoms with E-state index in [0.29, 0.717) is 31.0 Å². The highest BCUT2D eigenvalue weighted by atomic mass is 16.3. The van der Waals surface area contributed by atoms with Crippen molar-refractivity contribution in [1.29, 1.82) is 0 Å². The first-order chi connectivity index (χ1) is 19.0. The lowest BCUT2D eigenvalue weighted by atomic mass is 9.68. The van der Waals surface area contributed by atoms with E-state index in [2.05, 4.69) is 28.7 Å². The summed E-state index contributed by atoms with van der Waals surface area (Å²) in [6.07, 6.45) is 4.30. The number of carbonyl (C=O) groups is 3. The number of carbonyl (C=O) groups excluding carboxylic acids is 3. The zero-order chi connectivity index (χ0) is 28.9. The number of H-pyrrole nitrogens is 1. The maximum atomic E-state index is 13.6. The molecular weight excluding hydrogens is 516 g/mol. The maximum Gasteiger partial charge on any atom is 0.332 e. The molecule has 1 aromatic heterocycles. The van der Waals surface area contributed by atoms with Crippen LogP contribution < -0.4 is 16.1 Å². The molecule has 2 saturated heterocycles. The van der Waals surface area contributed by atoms with Crippen molar-refractivity contribution in [2.24, 2.45) is 16.3 Å². The number of rotatable bonds is 6. The number of hydrogen-bond donors (Lipinski definition) is 2. The van der Waals surface area contributed by atoms with E-state index in [9.17, 15) is 29.1 Å². The fourth-order valence-electron chi connectivity index (χ4n) is 6.28. The van der Waals surface area contributed by atoms with Gasteiger partial charge in [-0.05, 0) is 61.8 Å². The number of nitrogens with zero attached hydrogens (tertiary/aromatic N) is 5. The van der Waals surface area contributed by atoms with Crippen LogP contribution in [0, 0.1) is 11.3 Å². The van der Waals surface area contributed by atoms with Crippen LogP contribution in [0.2, 0.25) is 0 Å². The third-order valence-electron chi connectivity index (χ3n) is 8.32. The Kier molecular flexibility index (Phi) is 6.89. The molecule has 4 heterocycles. The van der Waals surface area contributed by atoms with Crippen molar-refractivity contribution >= 4 is 35.4 Å². The van der Waals surface area contributed by atoms with Crippen molar-refractivity contribution in [2.75, 3.05) is 25.5 Å². The van der Waals surface area contributed by atoms with Crippen LogP contribution in [0.25, 0.3) is 0 Å². The van der Waals surface area contributed by atoms with Crippen molar-refractivity contribution < 1.29 is 19.5 Å². The van der Waals surface area contributed by atoms with Gasteiger partial charge in [0.1, 0.15) is 5.56 Å². The predicted molar refractivity (Wildman–Crippen MR) is 148 cm³/mol. The fraction of sp³-hybridized carbons (Fsp3) is 0.500. The van der Waals surface area contributed by atoms with Gasteiger partial charge in [0.15, 0.2) is 5.41 Å². The molecule has 1 spiro atoms. The Morgan fingerprint density at radius 3 is 2.50 bits per heavy atom. The van der Waals surface area contributed by atoms with Crippen molar-refractivity contribution in [3.05, 3.63) is 50.2 Å². The van der Waals surface area contributed by atoms with Gasteiger partial charge in [0.25, 0.3) is 5.56 Å². The Labute approximate surface area is 230 Å². The molecule has 12 nitrogen and oxygen atoms in total. The largest absolute Gasteiger partial charge is 0.494 e. The molecule has 1 atom stereocenters. The first-order valence-electron chi connectivity index (χ1n) is 13.6. The van der Waals surface area contributed by atoms with Crippen LogP contribution >= 0.6 is 0 Å². The number of aromatic amines is 1. The second kappa shape index (κ2) is 10.1. The average molecular weight is 551 g/mol. The summed E-state index contributed by atoms with van der Waals surface area (Å²) < 4.78 is 1.13. The number of anilines is 1. The first kappa shape index (κ1) is 27.4. The first-order valence-corrected chi connectivity index (χ1v) is 13.6. The summed E-state index contributed by atoms with van der Waals surface area (Å²) in [7, 11) is 2.80. The molecule has 0 aliphatic carbocycles. The molecule has 2 aromatic rings. The van der Waals surface area contributed by atoms with Crippen LogP contribution in [0.5, 0.6) is 5.88 Å². The second-order valence-corrected chi connectivity index (χ2v) is 11.3. The predicted octanol–water partition coefficient (Wildman–Crippen LogP) is 1.99. The van der Waals surface area contributed by atoms with Gasteiger partial charge >= 0.3 is 11.7 Å². The monoisotopic (exact) mass is 550 g/mol. The topological polar surface area (TPSA) is 148 Å². The Morgan fingerprint density at radius 1 is 1.12 bits per heavy atom. The number of imide groups is 2. The molecule has 2 fully saturated rings. The van der Waals surface area contributed by atoms with E-state index < -0.39 is 40.4 Å². The summed E-state index contributed by atoms with van der Waals surface area (Å²) in [4.78, 5) is 75.2. The number of amides is 4. The van der Waals surface area contributed by atoms with Crippen molar-refractivity contribution in [3.63, 3.8) is 0 Å². The van der Waals surface area contributed by atoms with Gasteiger partial charge in [-0.2, -0.15) is 0 Å². The summed E-state index contributed by atoms with van der Waals surface area (Å²) in [6.45, 7) is 5.05. The van der Waals surface area contributed by atoms with Gasteiger partial charge in [0, 0.05) is 39.1 Å². The molecule has 1 aromatic carbocycles. The van der Waals surface area contributed by atoms with Crippen molar-refractivity contribution in [3.8, 4) is 5.88 Å². The highest BCUT2D eigenvalue weighted by molar-refractivity contribution is 6.20. The molecule has 0 bridgehead atoms. The van der Waals surface area contributed by atoms with Gasteiger partial charge in [-0.15, -0.1) is 0 Å². The summed E-state index contributed by atoms with van der Waals surface area (Å²) >= 11 is 0. The number of urea groups is 1. The van der Waals surface area contributed by atoms with E-state index in [0.717, 1.165) is 38.5 Å². The summed E-state index contributed by atoms with van der Waals surface area (Å²) in [6, 6.07) is 4.38. The molecule has 0 saturated carbocycles. The number of hydrogen-bond acceptors (Lipinski definition) is 8. The zero-order valence-corrected chi connectivity index (χ0v) is 23.1. The molecule has 12 heteroatoms. The van der Waals surface area contributed by atoms with Crippen LogP contribution in [-0.4, -0.2) is 75.2 Å². The van der Waals surface area contributed by atoms with E-state index in [1.165, 1.54) is 20.3 Å². The second-order valence-electron chi connectivity index (χ2n) is 11.3. The molecule has 4 amide bonds. The average Bonchev–Trinajstić information content (AvgIpc) is 3.42. The number of nitrogens with one attached hydrogen (secondary N) is 1. The summed E-state index contributed by atoms with van der Waals surface area (Å²) in [5, 5.41) is 10.7. The van der Waals surface area contributed by atoms with E-state index in [1.54, 1.807) is 12.1 Å². The highest BCUT2D eigenvalue weighted by Gasteiger charge is 2.63. The standard InChI is InChI=1S/C28H34N6O6/c1-16(2)7-5-12-34-23(36)19(22(35)30-26(34)39)15-29-18-9-10-20-17(13-18)14-28(21-8-6-11-33(20)21)24(37)31(3)27(40)32(4)25(28)38/h9-10,13,15-16,21,36H,5-8,11-12,14H2,1-4H3,(H,30,35,39)/t21-/m0/s1. The number of barbiturate groups is 1. The minimum Gasteiger partial charge on any atom is -0.494 e. The molecule has 0 unspecified atom stereocenters. The highest BCUT2D eigenvalue weighted by Crippen LogP contribution is 2.49. The number of aromatic hydroxyl groups is 1. The lowest BCUT2D eigenvalue weighted by Crippen LogP contribution is -2.70. The quantitative estimate of drug-likeness (QED) is 0.413. The van der Waals surface area contributed by atoms with Gasteiger partial charge in [0.2, 0.25) is 17.7 Å². The third kappa shape index (κ3) is 4.22. The zero-order valence-electron chi connectivity index (χ0n) is 23.1. The smallest absolute Gasteiger partial charge is 0.332 e. The normalized spacial score (nSPS) is 20.3. The SMILES string of the molecule is CC(C)CCCn1c(O)c(C=Nc2ccc3c(c2)CC2(C(=O)N(C)C(=O)N(C)C2=O)[C@@H]2CCCN32)c(=O)[nH]c1=O. The number of aliphatic imine (C=N–C) groups is 1. The van der Waals surface area contributed by atoms with Crippen LogP contribution in [0.4, 0.5) is 16.2 Å². The molecule has 3 aliphatic heterocycles. The van der Waals surface area contributed by atoms with E-state index in [1.807, 2.05) is 6.07 Å². The van der Waals surface area contributed by atoms with Crippen molar-refractivity contribution in [2.45, 2.75) is 58.5 Å². The lowest BCUT2D eigenvalue weighted by molar-refractivity contribution is -0.159. The van der Waals surface area contributed by atoms with Crippen LogP contribution in [-0.2, 0) is 22.6 Å². The van der Waals surface area contributed by atoms with Crippen molar-refractivity contribution in [1.82, 2.24) is 19.4 Å². The number of aromatic nitrogens is 2. The Bertz CT molecular complexity index is 1510. The molecule has 40 heavy (non-hydrogen) atoms. The molecule has 212 valence electrons.